The summed E-state index contributed by atoms with van der Waals surface area (Å²) >= 11 is 0. The molecule has 0 spiro atoms. The molecular weight excluding hydrogens is 366 g/mol. The van der Waals surface area contributed by atoms with Gasteiger partial charge in [-0.3, -0.25) is 9.59 Å². The number of imidazole rings is 1. The highest BCUT2D eigenvalue weighted by molar-refractivity contribution is 6.00. The van der Waals surface area contributed by atoms with Crippen molar-refractivity contribution in [1.29, 1.82) is 0 Å². The molecule has 0 aliphatic heterocycles. The Morgan fingerprint density at radius 2 is 1.69 bits per heavy atom. The Morgan fingerprint density at radius 1 is 1.10 bits per heavy atom. The SMILES string of the molecule is COc1ccc2c(c1)nc(C(=O)C(C)(C)C)n2CC(=O)N(CC(C)C)CC(C)C. The van der Waals surface area contributed by atoms with Gasteiger partial charge in [0.2, 0.25) is 11.7 Å². The lowest BCUT2D eigenvalue weighted by Gasteiger charge is -2.27. The van der Waals surface area contributed by atoms with E-state index in [1.165, 1.54) is 0 Å². The molecule has 160 valence electrons. The monoisotopic (exact) mass is 401 g/mol. The molecule has 0 radical (unpaired) electrons. The lowest BCUT2D eigenvalue weighted by molar-refractivity contribution is -0.132. The van der Waals surface area contributed by atoms with E-state index in [4.69, 9.17) is 4.74 Å². The first-order valence-corrected chi connectivity index (χ1v) is 10.3. The summed E-state index contributed by atoms with van der Waals surface area (Å²) < 4.78 is 7.06. The van der Waals surface area contributed by atoms with Crippen LogP contribution in [0.5, 0.6) is 5.75 Å². The van der Waals surface area contributed by atoms with E-state index >= 15 is 0 Å². The van der Waals surface area contributed by atoms with E-state index in [-0.39, 0.29) is 18.2 Å². The summed E-state index contributed by atoms with van der Waals surface area (Å²) in [7, 11) is 1.60. The van der Waals surface area contributed by atoms with E-state index in [0.717, 1.165) is 5.52 Å². The fraction of sp³-hybridized carbons (Fsp3) is 0.609. The standard InChI is InChI=1S/C23H35N3O3/c1-15(2)12-25(13-16(3)4)20(27)14-26-19-10-9-17(29-8)11-18(19)24-22(26)21(28)23(5,6)7/h9-11,15-16H,12-14H2,1-8H3. The maximum absolute atomic E-state index is 13.2. The Balaban J connectivity index is 2.50. The van der Waals surface area contributed by atoms with Crippen LogP contribution in [0.15, 0.2) is 18.2 Å². The second kappa shape index (κ2) is 8.97. The Labute approximate surface area is 174 Å². The molecule has 6 heteroatoms. The number of ketones is 1. The molecule has 2 rings (SSSR count). The normalized spacial score (nSPS) is 12.1. The van der Waals surface area contributed by atoms with E-state index in [2.05, 4.69) is 32.7 Å². The van der Waals surface area contributed by atoms with Crippen molar-refractivity contribution in [3.8, 4) is 5.75 Å². The highest BCUT2D eigenvalue weighted by Gasteiger charge is 2.30. The lowest BCUT2D eigenvalue weighted by Crippen LogP contribution is -2.39. The summed E-state index contributed by atoms with van der Waals surface area (Å²) in [6.07, 6.45) is 0. The van der Waals surface area contributed by atoms with E-state index in [1.807, 2.05) is 37.8 Å². The van der Waals surface area contributed by atoms with Crippen molar-refractivity contribution in [2.45, 2.75) is 55.0 Å². The summed E-state index contributed by atoms with van der Waals surface area (Å²) in [5, 5.41) is 0. The summed E-state index contributed by atoms with van der Waals surface area (Å²) in [6, 6.07) is 5.50. The molecule has 1 heterocycles. The molecule has 0 saturated heterocycles. The number of hydrogen-bond donors (Lipinski definition) is 0. The zero-order chi connectivity index (χ0) is 21.9. The van der Waals surface area contributed by atoms with Gasteiger partial charge in [0, 0.05) is 24.6 Å². The Bertz CT molecular complexity index is 865. The van der Waals surface area contributed by atoms with E-state index in [1.54, 1.807) is 17.7 Å². The van der Waals surface area contributed by atoms with Crippen LogP contribution in [0.25, 0.3) is 11.0 Å². The molecule has 1 aromatic carbocycles. The van der Waals surface area contributed by atoms with Crippen LogP contribution in [0.4, 0.5) is 0 Å². The topological polar surface area (TPSA) is 64.4 Å². The Hall–Kier alpha value is -2.37. The van der Waals surface area contributed by atoms with Gasteiger partial charge in [0.15, 0.2) is 5.82 Å². The van der Waals surface area contributed by atoms with E-state index < -0.39 is 5.41 Å². The Kier molecular flexibility index (Phi) is 7.09. The number of aromatic nitrogens is 2. The highest BCUT2D eigenvalue weighted by atomic mass is 16.5. The number of benzene rings is 1. The molecule has 0 aliphatic rings. The number of nitrogens with zero attached hydrogens (tertiary/aromatic N) is 3. The van der Waals surface area contributed by atoms with Gasteiger partial charge in [0.1, 0.15) is 12.3 Å². The lowest BCUT2D eigenvalue weighted by atomic mass is 9.90. The van der Waals surface area contributed by atoms with Gasteiger partial charge in [-0.25, -0.2) is 4.98 Å². The number of fused-ring (bicyclic) bond motifs is 1. The van der Waals surface area contributed by atoms with Crippen molar-refractivity contribution < 1.29 is 14.3 Å². The van der Waals surface area contributed by atoms with Gasteiger partial charge >= 0.3 is 0 Å². The van der Waals surface area contributed by atoms with Gasteiger partial charge in [0.05, 0.1) is 18.1 Å². The maximum atomic E-state index is 13.2. The van der Waals surface area contributed by atoms with Crippen molar-refractivity contribution >= 4 is 22.7 Å². The summed E-state index contributed by atoms with van der Waals surface area (Å²) in [5.41, 5.74) is 0.826. The molecule has 0 fully saturated rings. The zero-order valence-electron chi connectivity index (χ0n) is 19.1. The smallest absolute Gasteiger partial charge is 0.242 e. The second-order valence-corrected chi connectivity index (χ2v) is 9.54. The summed E-state index contributed by atoms with van der Waals surface area (Å²) in [6.45, 7) is 15.5. The summed E-state index contributed by atoms with van der Waals surface area (Å²) in [4.78, 5) is 32.8. The van der Waals surface area contributed by atoms with Crippen LogP contribution in [-0.4, -0.2) is 46.3 Å². The third-order valence-corrected chi connectivity index (χ3v) is 4.66. The Morgan fingerprint density at radius 3 is 2.17 bits per heavy atom. The molecule has 0 unspecified atom stereocenters. The fourth-order valence-electron chi connectivity index (χ4n) is 3.30. The third kappa shape index (κ3) is 5.58. The van der Waals surface area contributed by atoms with Crippen LogP contribution in [0.3, 0.4) is 0 Å². The van der Waals surface area contributed by atoms with Crippen molar-refractivity contribution in [2.75, 3.05) is 20.2 Å². The minimum atomic E-state index is -0.595. The molecule has 29 heavy (non-hydrogen) atoms. The van der Waals surface area contributed by atoms with Gasteiger partial charge in [-0.2, -0.15) is 0 Å². The van der Waals surface area contributed by atoms with Gasteiger partial charge in [0.25, 0.3) is 0 Å². The van der Waals surface area contributed by atoms with Crippen LogP contribution < -0.4 is 4.74 Å². The molecule has 2 aromatic rings. The van der Waals surface area contributed by atoms with Crippen molar-refractivity contribution in [2.24, 2.45) is 17.3 Å². The van der Waals surface area contributed by atoms with Crippen LogP contribution >= 0.6 is 0 Å². The first-order valence-electron chi connectivity index (χ1n) is 10.3. The average Bonchev–Trinajstić information content (AvgIpc) is 2.96. The van der Waals surface area contributed by atoms with E-state index in [9.17, 15) is 9.59 Å². The quantitative estimate of drug-likeness (QED) is 0.615. The molecular formula is C23H35N3O3. The first-order chi connectivity index (χ1) is 13.4. The minimum Gasteiger partial charge on any atom is -0.497 e. The highest BCUT2D eigenvalue weighted by Crippen LogP contribution is 2.27. The van der Waals surface area contributed by atoms with Crippen molar-refractivity contribution in [1.82, 2.24) is 14.5 Å². The van der Waals surface area contributed by atoms with Gasteiger partial charge in [-0.05, 0) is 24.0 Å². The number of Topliss-reactive ketones (excluding diaryl/α,β-unsaturated/α-hetero) is 1. The number of amides is 1. The predicted octanol–water partition coefficient (Wildman–Crippen LogP) is 4.41. The van der Waals surface area contributed by atoms with E-state index in [0.29, 0.717) is 42.0 Å². The van der Waals surface area contributed by atoms with Crippen molar-refractivity contribution in [3.05, 3.63) is 24.0 Å². The average molecular weight is 402 g/mol. The summed E-state index contributed by atoms with van der Waals surface area (Å²) in [5.74, 6) is 1.66. The molecule has 0 atom stereocenters. The molecule has 0 N–H and O–H groups in total. The first kappa shape index (κ1) is 22.9. The van der Waals surface area contributed by atoms with Crippen LogP contribution in [0.2, 0.25) is 0 Å². The number of ether oxygens (including phenoxy) is 1. The molecule has 0 saturated carbocycles. The van der Waals surface area contributed by atoms with Crippen LogP contribution in [0, 0.1) is 17.3 Å². The number of rotatable bonds is 8. The largest absolute Gasteiger partial charge is 0.497 e. The molecule has 0 aliphatic carbocycles. The maximum Gasteiger partial charge on any atom is 0.242 e. The molecule has 0 bridgehead atoms. The van der Waals surface area contributed by atoms with Crippen molar-refractivity contribution in [3.63, 3.8) is 0 Å². The predicted molar refractivity (Wildman–Crippen MR) is 116 cm³/mol. The van der Waals surface area contributed by atoms with Gasteiger partial charge in [-0.15, -0.1) is 0 Å². The van der Waals surface area contributed by atoms with Gasteiger partial charge < -0.3 is 14.2 Å². The molecule has 6 nitrogen and oxygen atoms in total. The number of methoxy groups -OCH3 is 1. The zero-order valence-corrected chi connectivity index (χ0v) is 19.1. The van der Waals surface area contributed by atoms with Crippen LogP contribution in [-0.2, 0) is 11.3 Å². The third-order valence-electron chi connectivity index (χ3n) is 4.66. The molecule has 1 aromatic heterocycles. The fourth-order valence-corrected chi connectivity index (χ4v) is 3.30. The number of hydrogen-bond acceptors (Lipinski definition) is 4. The number of carbonyl (C=O) groups excluding carboxylic acids is 2. The molecule has 1 amide bonds. The number of carbonyl (C=O) groups is 2. The minimum absolute atomic E-state index is 0.00507. The second-order valence-electron chi connectivity index (χ2n) is 9.54. The van der Waals surface area contributed by atoms with Gasteiger partial charge in [-0.1, -0.05) is 48.5 Å². The van der Waals surface area contributed by atoms with Crippen LogP contribution in [0.1, 0.15) is 59.1 Å².